The van der Waals surface area contributed by atoms with Crippen molar-refractivity contribution in [2.24, 2.45) is 0 Å². The molecule has 9 heteroatoms. The number of thioether (sulfide) groups is 1. The predicted octanol–water partition coefficient (Wildman–Crippen LogP) is 2.52. The molecule has 0 spiro atoms. The molecule has 2 atom stereocenters. The number of amides is 1. The second-order valence-electron chi connectivity index (χ2n) is 5.95. The lowest BCUT2D eigenvalue weighted by atomic mass is 10.0. The zero-order valence-corrected chi connectivity index (χ0v) is 15.8. The van der Waals surface area contributed by atoms with Crippen LogP contribution in [0.2, 0.25) is 0 Å². The fraction of sp³-hybridized carbons (Fsp3) is 0.222. The molecule has 0 aliphatic carbocycles. The van der Waals surface area contributed by atoms with Crippen molar-refractivity contribution >= 4 is 52.2 Å². The van der Waals surface area contributed by atoms with Crippen molar-refractivity contribution in [1.29, 1.82) is 0 Å². The highest BCUT2D eigenvalue weighted by Gasteiger charge is 2.41. The van der Waals surface area contributed by atoms with Gasteiger partial charge >= 0.3 is 11.9 Å². The van der Waals surface area contributed by atoms with Crippen LogP contribution in [-0.4, -0.2) is 49.4 Å². The van der Waals surface area contributed by atoms with Crippen LogP contribution in [0.1, 0.15) is 18.9 Å². The second kappa shape index (κ2) is 7.53. The minimum Gasteiger partial charge on any atom is -0.485 e. The molecule has 27 heavy (non-hydrogen) atoms. The zero-order valence-electron chi connectivity index (χ0n) is 14.1. The van der Waals surface area contributed by atoms with E-state index in [1.807, 2.05) is 37.3 Å². The Labute approximate surface area is 164 Å². The molecule has 1 aromatic rings. The van der Waals surface area contributed by atoms with Crippen molar-refractivity contribution in [3.63, 3.8) is 0 Å². The lowest BCUT2D eigenvalue weighted by Crippen LogP contribution is -2.45. The number of hydrogen-bond acceptors (Lipinski definition) is 6. The smallest absolute Gasteiger partial charge is 0.327 e. The first-order valence-corrected chi connectivity index (χ1v) is 9.19. The van der Waals surface area contributed by atoms with Crippen LogP contribution in [0, 0.1) is 0 Å². The summed E-state index contributed by atoms with van der Waals surface area (Å²) in [5.41, 5.74) is 1.60. The SMILES string of the molecule is CC1Oc2ccccc2C=C1C=C1SC(=S)N(C(CC(=O)O)C(=O)O)C1=O. The first-order valence-electron chi connectivity index (χ1n) is 7.97. The summed E-state index contributed by atoms with van der Waals surface area (Å²) in [6, 6.07) is 5.92. The molecule has 1 amide bonds. The van der Waals surface area contributed by atoms with Crippen molar-refractivity contribution < 1.29 is 29.3 Å². The van der Waals surface area contributed by atoms with Gasteiger partial charge in [-0.15, -0.1) is 0 Å². The molecule has 2 aliphatic heterocycles. The summed E-state index contributed by atoms with van der Waals surface area (Å²) < 4.78 is 5.85. The Morgan fingerprint density at radius 1 is 1.37 bits per heavy atom. The number of aliphatic carboxylic acids is 2. The standard InChI is InChI=1S/C18H15NO6S2/c1-9-11(6-10-4-2-3-5-13(10)25-9)7-14-16(22)19(18(26)27-14)12(17(23)24)8-15(20)21/h2-7,9,12H,8H2,1H3,(H,20,21)(H,23,24). The van der Waals surface area contributed by atoms with E-state index >= 15 is 0 Å². The van der Waals surface area contributed by atoms with Gasteiger partial charge in [0.05, 0.1) is 11.3 Å². The van der Waals surface area contributed by atoms with Crippen molar-refractivity contribution in [3.05, 3.63) is 46.4 Å². The molecule has 0 saturated carbocycles. The zero-order chi connectivity index (χ0) is 19.7. The number of para-hydroxylation sites is 1. The highest BCUT2D eigenvalue weighted by molar-refractivity contribution is 8.26. The number of ether oxygens (including phenoxy) is 1. The van der Waals surface area contributed by atoms with Gasteiger partial charge in [0, 0.05) is 5.56 Å². The summed E-state index contributed by atoms with van der Waals surface area (Å²) in [7, 11) is 0. The molecule has 1 aromatic carbocycles. The molecule has 7 nitrogen and oxygen atoms in total. The molecule has 0 bridgehead atoms. The average Bonchev–Trinajstić information content (AvgIpc) is 2.87. The molecule has 3 rings (SSSR count). The van der Waals surface area contributed by atoms with Crippen LogP contribution in [0.25, 0.3) is 6.08 Å². The first-order chi connectivity index (χ1) is 12.8. The van der Waals surface area contributed by atoms with Crippen LogP contribution in [0.15, 0.2) is 40.8 Å². The van der Waals surface area contributed by atoms with Crippen LogP contribution < -0.4 is 4.74 Å². The van der Waals surface area contributed by atoms with E-state index in [4.69, 9.17) is 22.1 Å². The highest BCUT2D eigenvalue weighted by Crippen LogP contribution is 2.36. The lowest BCUT2D eigenvalue weighted by molar-refractivity contribution is -0.150. The maximum absolute atomic E-state index is 12.7. The largest absolute Gasteiger partial charge is 0.485 e. The number of carboxylic acid groups (broad SMARTS) is 2. The third kappa shape index (κ3) is 3.88. The molecule has 0 radical (unpaired) electrons. The van der Waals surface area contributed by atoms with E-state index in [0.29, 0.717) is 0 Å². The molecule has 2 aliphatic rings. The van der Waals surface area contributed by atoms with E-state index in [0.717, 1.165) is 33.5 Å². The Hall–Kier alpha value is -2.65. The number of benzene rings is 1. The third-order valence-electron chi connectivity index (χ3n) is 4.10. The number of thiocarbonyl (C=S) groups is 1. The number of nitrogens with zero attached hydrogens (tertiary/aromatic N) is 1. The van der Waals surface area contributed by atoms with E-state index in [1.165, 1.54) is 0 Å². The fourth-order valence-electron chi connectivity index (χ4n) is 2.78. The number of rotatable bonds is 5. The van der Waals surface area contributed by atoms with Gasteiger partial charge in [-0.3, -0.25) is 14.5 Å². The molecule has 2 N–H and O–H groups in total. The summed E-state index contributed by atoms with van der Waals surface area (Å²) in [6.45, 7) is 1.84. The quantitative estimate of drug-likeness (QED) is 0.569. The van der Waals surface area contributed by atoms with Gasteiger partial charge in [-0.25, -0.2) is 4.79 Å². The molecule has 0 aromatic heterocycles. The van der Waals surface area contributed by atoms with Gasteiger partial charge in [0.2, 0.25) is 0 Å². The number of carbonyl (C=O) groups is 3. The summed E-state index contributed by atoms with van der Waals surface area (Å²) in [4.78, 5) is 36.2. The topological polar surface area (TPSA) is 104 Å². The van der Waals surface area contributed by atoms with Gasteiger partial charge in [-0.2, -0.15) is 0 Å². The summed E-state index contributed by atoms with van der Waals surface area (Å²) in [5.74, 6) is -2.63. The molecule has 1 saturated heterocycles. The van der Waals surface area contributed by atoms with Crippen molar-refractivity contribution in [1.82, 2.24) is 4.90 Å². The van der Waals surface area contributed by atoms with Crippen LogP contribution in [0.3, 0.4) is 0 Å². The minimum absolute atomic E-state index is 0.0188. The Bertz CT molecular complexity index is 907. The molecule has 2 unspecified atom stereocenters. The Morgan fingerprint density at radius 3 is 2.74 bits per heavy atom. The van der Waals surface area contributed by atoms with Crippen molar-refractivity contribution in [2.75, 3.05) is 0 Å². The van der Waals surface area contributed by atoms with Gasteiger partial charge < -0.3 is 14.9 Å². The van der Waals surface area contributed by atoms with Gasteiger partial charge in [0.25, 0.3) is 5.91 Å². The van der Waals surface area contributed by atoms with Crippen LogP contribution in [0.5, 0.6) is 5.75 Å². The summed E-state index contributed by atoms with van der Waals surface area (Å²) in [6.07, 6.45) is 2.46. The first kappa shape index (κ1) is 19.1. The Balaban J connectivity index is 1.91. The number of hydrogen-bond donors (Lipinski definition) is 2. The Kier molecular flexibility index (Phi) is 5.33. The van der Waals surface area contributed by atoms with E-state index in [9.17, 15) is 19.5 Å². The van der Waals surface area contributed by atoms with E-state index in [-0.39, 0.29) is 15.3 Å². The molecular formula is C18H15NO6S2. The average molecular weight is 405 g/mol. The normalized spacial score (nSPS) is 21.5. The highest BCUT2D eigenvalue weighted by atomic mass is 32.2. The van der Waals surface area contributed by atoms with Crippen LogP contribution >= 0.6 is 24.0 Å². The Morgan fingerprint density at radius 2 is 2.07 bits per heavy atom. The monoisotopic (exact) mass is 405 g/mol. The number of carboxylic acids is 2. The fourth-order valence-corrected chi connectivity index (χ4v) is 4.13. The van der Waals surface area contributed by atoms with Gasteiger partial charge in [0.15, 0.2) is 0 Å². The number of carbonyl (C=O) groups excluding carboxylic acids is 1. The van der Waals surface area contributed by atoms with Gasteiger partial charge in [-0.1, -0.05) is 42.2 Å². The van der Waals surface area contributed by atoms with E-state index in [2.05, 4.69) is 0 Å². The molecule has 140 valence electrons. The predicted molar refractivity (Wildman–Crippen MR) is 103 cm³/mol. The van der Waals surface area contributed by atoms with Crippen LogP contribution in [0.4, 0.5) is 0 Å². The van der Waals surface area contributed by atoms with Gasteiger partial charge in [-0.05, 0) is 30.7 Å². The molecule has 1 fully saturated rings. The van der Waals surface area contributed by atoms with E-state index in [1.54, 1.807) is 6.08 Å². The maximum atomic E-state index is 12.7. The van der Waals surface area contributed by atoms with Crippen molar-refractivity contribution in [2.45, 2.75) is 25.5 Å². The summed E-state index contributed by atoms with van der Waals surface area (Å²) >= 11 is 6.07. The molecule has 2 heterocycles. The lowest BCUT2D eigenvalue weighted by Gasteiger charge is -2.23. The maximum Gasteiger partial charge on any atom is 0.327 e. The van der Waals surface area contributed by atoms with Gasteiger partial charge in [0.1, 0.15) is 22.2 Å². The second-order valence-corrected chi connectivity index (χ2v) is 7.62. The van der Waals surface area contributed by atoms with Crippen molar-refractivity contribution in [3.8, 4) is 5.75 Å². The number of fused-ring (bicyclic) bond motifs is 1. The van der Waals surface area contributed by atoms with E-state index < -0.39 is 30.3 Å². The summed E-state index contributed by atoms with van der Waals surface area (Å²) in [5, 5.41) is 18.2. The molecular weight excluding hydrogens is 390 g/mol. The van der Waals surface area contributed by atoms with Crippen LogP contribution in [-0.2, 0) is 14.4 Å². The third-order valence-corrected chi connectivity index (χ3v) is 5.43. The minimum atomic E-state index is -1.55.